The molecule has 0 aliphatic carbocycles. The standard InChI is InChI=1S/C19H18N4O4/c1-19(22,18(25)26)12-4-2-3-5-13(12)23-17(24)15-9-11-8-10(16(20)21)6-7-14(11)27-15/h2-9H,22H2,1H3,(H3,20,21)(H,23,24)(H,25,26). The average Bonchev–Trinajstić information content (AvgIpc) is 3.05. The van der Waals surface area contributed by atoms with Crippen LogP contribution in [0.4, 0.5) is 5.69 Å². The zero-order valence-corrected chi connectivity index (χ0v) is 14.4. The van der Waals surface area contributed by atoms with Gasteiger partial charge >= 0.3 is 5.97 Å². The van der Waals surface area contributed by atoms with Crippen LogP contribution < -0.4 is 16.8 Å². The molecule has 1 aromatic heterocycles. The SMILES string of the molecule is CC(N)(C(=O)O)c1ccccc1NC(=O)c1cc2cc(C(=N)N)ccc2o1. The Labute approximate surface area is 154 Å². The third-order valence-corrected chi connectivity index (χ3v) is 4.23. The van der Waals surface area contributed by atoms with Crippen LogP contribution in [0.2, 0.25) is 0 Å². The number of furan rings is 1. The molecule has 1 heterocycles. The van der Waals surface area contributed by atoms with Crippen LogP contribution in [-0.2, 0) is 10.3 Å². The van der Waals surface area contributed by atoms with Gasteiger partial charge in [0.15, 0.2) is 5.76 Å². The van der Waals surface area contributed by atoms with Crippen molar-refractivity contribution >= 4 is 34.4 Å². The minimum atomic E-state index is -1.67. The number of nitrogens with one attached hydrogen (secondary N) is 2. The summed E-state index contributed by atoms with van der Waals surface area (Å²) in [6.07, 6.45) is 0. The van der Waals surface area contributed by atoms with Crippen molar-refractivity contribution in [2.45, 2.75) is 12.5 Å². The van der Waals surface area contributed by atoms with Crippen molar-refractivity contribution in [3.63, 3.8) is 0 Å². The van der Waals surface area contributed by atoms with Crippen LogP contribution in [-0.4, -0.2) is 22.8 Å². The van der Waals surface area contributed by atoms with Crippen LogP contribution in [0.5, 0.6) is 0 Å². The molecule has 7 N–H and O–H groups in total. The molecule has 0 radical (unpaired) electrons. The molecule has 8 nitrogen and oxygen atoms in total. The van der Waals surface area contributed by atoms with Gasteiger partial charge in [0.1, 0.15) is 17.0 Å². The highest BCUT2D eigenvalue weighted by Crippen LogP contribution is 2.28. The number of nitrogen functional groups attached to an aromatic ring is 1. The van der Waals surface area contributed by atoms with Gasteiger partial charge in [-0.15, -0.1) is 0 Å². The van der Waals surface area contributed by atoms with Gasteiger partial charge in [0, 0.05) is 22.2 Å². The van der Waals surface area contributed by atoms with E-state index in [1.54, 1.807) is 42.5 Å². The van der Waals surface area contributed by atoms with Crippen LogP contribution in [0.3, 0.4) is 0 Å². The van der Waals surface area contributed by atoms with E-state index in [0.717, 1.165) is 0 Å². The fourth-order valence-electron chi connectivity index (χ4n) is 2.67. The number of fused-ring (bicyclic) bond motifs is 1. The van der Waals surface area contributed by atoms with Crippen molar-refractivity contribution < 1.29 is 19.1 Å². The van der Waals surface area contributed by atoms with Gasteiger partial charge in [-0.05, 0) is 37.3 Å². The van der Waals surface area contributed by atoms with Crippen LogP contribution in [0, 0.1) is 5.41 Å². The number of aliphatic carboxylic acids is 1. The van der Waals surface area contributed by atoms with E-state index < -0.39 is 17.4 Å². The summed E-state index contributed by atoms with van der Waals surface area (Å²) in [7, 11) is 0. The molecule has 0 aliphatic heterocycles. The Hall–Kier alpha value is -3.65. The third kappa shape index (κ3) is 3.38. The van der Waals surface area contributed by atoms with Gasteiger partial charge in [-0.1, -0.05) is 18.2 Å². The molecule has 138 valence electrons. The van der Waals surface area contributed by atoms with Crippen LogP contribution >= 0.6 is 0 Å². The predicted molar refractivity (Wildman–Crippen MR) is 101 cm³/mol. The Kier molecular flexibility index (Phi) is 4.42. The topological polar surface area (TPSA) is 155 Å². The second-order valence-corrected chi connectivity index (χ2v) is 6.28. The first-order valence-corrected chi connectivity index (χ1v) is 8.01. The third-order valence-electron chi connectivity index (χ3n) is 4.23. The number of carbonyl (C=O) groups excluding carboxylic acids is 1. The Morgan fingerprint density at radius 1 is 1.19 bits per heavy atom. The number of anilines is 1. The number of carbonyl (C=O) groups is 2. The van der Waals surface area contributed by atoms with Crippen LogP contribution in [0.25, 0.3) is 11.0 Å². The predicted octanol–water partition coefficient (Wildman–Crippen LogP) is 2.23. The Balaban J connectivity index is 1.94. The zero-order chi connectivity index (χ0) is 19.8. The Bertz CT molecular complexity index is 1070. The molecule has 1 unspecified atom stereocenters. The first kappa shape index (κ1) is 18.2. The van der Waals surface area contributed by atoms with E-state index in [4.69, 9.17) is 21.3 Å². The summed E-state index contributed by atoms with van der Waals surface area (Å²) in [5.74, 6) is -1.82. The smallest absolute Gasteiger partial charge is 0.328 e. The largest absolute Gasteiger partial charge is 0.480 e. The molecule has 8 heteroatoms. The fraction of sp³-hybridized carbons (Fsp3) is 0.105. The molecule has 3 rings (SSSR count). The number of hydrogen-bond donors (Lipinski definition) is 5. The zero-order valence-electron chi connectivity index (χ0n) is 14.4. The number of amidine groups is 1. The van der Waals surface area contributed by atoms with E-state index in [-0.39, 0.29) is 22.8 Å². The van der Waals surface area contributed by atoms with Gasteiger partial charge < -0.3 is 26.3 Å². The number of carboxylic acid groups (broad SMARTS) is 1. The first-order valence-electron chi connectivity index (χ1n) is 8.01. The summed E-state index contributed by atoms with van der Waals surface area (Å²) >= 11 is 0. The number of rotatable bonds is 5. The second kappa shape index (κ2) is 6.58. The van der Waals surface area contributed by atoms with Gasteiger partial charge in [-0.3, -0.25) is 10.2 Å². The summed E-state index contributed by atoms with van der Waals surface area (Å²) in [4.78, 5) is 24.0. The van der Waals surface area contributed by atoms with Crippen molar-refractivity contribution in [1.29, 1.82) is 5.41 Å². The lowest BCUT2D eigenvalue weighted by molar-refractivity contribution is -0.143. The lowest BCUT2D eigenvalue weighted by atomic mass is 9.91. The molecular weight excluding hydrogens is 348 g/mol. The second-order valence-electron chi connectivity index (χ2n) is 6.28. The van der Waals surface area contributed by atoms with Crippen LogP contribution in [0.15, 0.2) is 52.9 Å². The lowest BCUT2D eigenvalue weighted by Gasteiger charge is -2.22. The summed E-state index contributed by atoms with van der Waals surface area (Å²) in [6.45, 7) is 1.35. The number of benzene rings is 2. The maximum absolute atomic E-state index is 12.6. The van der Waals surface area contributed by atoms with Crippen LogP contribution in [0.1, 0.15) is 28.6 Å². The van der Waals surface area contributed by atoms with Gasteiger partial charge in [-0.2, -0.15) is 0 Å². The Morgan fingerprint density at radius 2 is 1.89 bits per heavy atom. The summed E-state index contributed by atoms with van der Waals surface area (Å²) in [5, 5.41) is 20.1. The van der Waals surface area contributed by atoms with E-state index in [2.05, 4.69) is 5.32 Å². The normalized spacial score (nSPS) is 13.1. The minimum Gasteiger partial charge on any atom is -0.480 e. The highest BCUT2D eigenvalue weighted by molar-refractivity contribution is 6.06. The number of hydrogen-bond acceptors (Lipinski definition) is 5. The molecular formula is C19H18N4O4. The highest BCUT2D eigenvalue weighted by Gasteiger charge is 2.33. The van der Waals surface area contributed by atoms with Gasteiger partial charge in [0.25, 0.3) is 5.91 Å². The number of para-hydroxylation sites is 1. The number of amides is 1. The highest BCUT2D eigenvalue weighted by atomic mass is 16.4. The number of carboxylic acids is 1. The van der Waals surface area contributed by atoms with E-state index in [0.29, 0.717) is 16.5 Å². The lowest BCUT2D eigenvalue weighted by Crippen LogP contribution is -2.42. The van der Waals surface area contributed by atoms with E-state index in [9.17, 15) is 14.7 Å². The van der Waals surface area contributed by atoms with Crippen molar-refractivity contribution in [1.82, 2.24) is 0 Å². The Morgan fingerprint density at radius 3 is 2.56 bits per heavy atom. The molecule has 0 bridgehead atoms. The first-order chi connectivity index (χ1) is 12.7. The molecule has 2 aromatic carbocycles. The van der Waals surface area contributed by atoms with Gasteiger partial charge in [0.05, 0.1) is 0 Å². The number of nitrogens with two attached hydrogens (primary N) is 2. The summed E-state index contributed by atoms with van der Waals surface area (Å²) in [6, 6.07) is 12.8. The molecule has 0 saturated carbocycles. The average molecular weight is 366 g/mol. The minimum absolute atomic E-state index is 0.0366. The molecule has 0 spiro atoms. The quantitative estimate of drug-likeness (QED) is 0.344. The summed E-state index contributed by atoms with van der Waals surface area (Å²) < 4.78 is 5.54. The van der Waals surface area contributed by atoms with Crippen molar-refractivity contribution in [3.05, 3.63) is 65.4 Å². The monoisotopic (exact) mass is 366 g/mol. The van der Waals surface area contributed by atoms with E-state index in [1.165, 1.54) is 13.0 Å². The van der Waals surface area contributed by atoms with E-state index >= 15 is 0 Å². The molecule has 0 fully saturated rings. The van der Waals surface area contributed by atoms with Gasteiger partial charge in [0.2, 0.25) is 0 Å². The fourth-order valence-corrected chi connectivity index (χ4v) is 2.67. The van der Waals surface area contributed by atoms with Crippen molar-refractivity contribution in [2.24, 2.45) is 11.5 Å². The molecule has 1 atom stereocenters. The van der Waals surface area contributed by atoms with Gasteiger partial charge in [-0.25, -0.2) is 4.79 Å². The van der Waals surface area contributed by atoms with Crippen molar-refractivity contribution in [2.75, 3.05) is 5.32 Å². The molecule has 1 amide bonds. The van der Waals surface area contributed by atoms with E-state index in [1.807, 2.05) is 0 Å². The maximum atomic E-state index is 12.6. The van der Waals surface area contributed by atoms with Crippen molar-refractivity contribution in [3.8, 4) is 0 Å². The summed E-state index contributed by atoms with van der Waals surface area (Å²) in [5.41, 5.74) is 11.2. The maximum Gasteiger partial charge on any atom is 0.328 e. The molecule has 0 aliphatic rings. The molecule has 3 aromatic rings. The molecule has 27 heavy (non-hydrogen) atoms. The molecule has 0 saturated heterocycles.